The molecule has 1 atom stereocenters. The maximum Gasteiger partial charge on any atom is 0.275 e. The zero-order chi connectivity index (χ0) is 13.5. The summed E-state index contributed by atoms with van der Waals surface area (Å²) in [4.78, 5) is 10.5. The minimum absolute atomic E-state index is 0.101. The summed E-state index contributed by atoms with van der Waals surface area (Å²) in [5.41, 5.74) is 0.799. The summed E-state index contributed by atoms with van der Waals surface area (Å²) < 4.78 is 6.08. The first-order valence-corrected chi connectivity index (χ1v) is 6.59. The Balaban J connectivity index is 2.59. The summed E-state index contributed by atoms with van der Waals surface area (Å²) >= 11 is 3.23. The highest BCUT2D eigenvalue weighted by Gasteiger charge is 2.13. The Morgan fingerprint density at radius 2 is 2.28 bits per heavy atom. The lowest BCUT2D eigenvalue weighted by atomic mass is 10.2. The molecule has 0 fully saturated rings. The first-order chi connectivity index (χ1) is 8.54. The molecule has 0 saturated heterocycles. The van der Waals surface area contributed by atoms with Gasteiger partial charge in [0, 0.05) is 35.8 Å². The maximum atomic E-state index is 10.9. The summed E-state index contributed by atoms with van der Waals surface area (Å²) in [5, 5.41) is 14.1. The molecule has 1 N–H and O–H groups in total. The van der Waals surface area contributed by atoms with Crippen LogP contribution >= 0.6 is 15.9 Å². The van der Waals surface area contributed by atoms with Crippen molar-refractivity contribution in [1.29, 1.82) is 0 Å². The van der Waals surface area contributed by atoms with Gasteiger partial charge >= 0.3 is 0 Å². The van der Waals surface area contributed by atoms with Crippen LogP contribution in [0.25, 0.3) is 0 Å². The van der Waals surface area contributed by atoms with Crippen molar-refractivity contribution in [3.63, 3.8) is 0 Å². The molecule has 1 aromatic rings. The molecule has 100 valence electrons. The highest BCUT2D eigenvalue weighted by atomic mass is 79.9. The van der Waals surface area contributed by atoms with E-state index in [0.29, 0.717) is 29.7 Å². The van der Waals surface area contributed by atoms with Crippen LogP contribution in [0.3, 0.4) is 0 Å². The minimum atomic E-state index is -0.367. The number of nitrogens with zero attached hydrogens (tertiary/aromatic N) is 1. The van der Waals surface area contributed by atoms with Gasteiger partial charge in [-0.2, -0.15) is 0 Å². The third-order valence-corrected chi connectivity index (χ3v) is 2.94. The van der Waals surface area contributed by atoms with Crippen LogP contribution in [0.5, 0.6) is 0 Å². The van der Waals surface area contributed by atoms with Crippen molar-refractivity contribution in [2.24, 2.45) is 0 Å². The maximum absolute atomic E-state index is 10.9. The Kier molecular flexibility index (Phi) is 6.24. The molecule has 0 radical (unpaired) electrons. The molecule has 0 spiro atoms. The lowest BCUT2D eigenvalue weighted by molar-refractivity contribution is -0.385. The average molecular weight is 317 g/mol. The molecule has 0 aliphatic rings. The van der Waals surface area contributed by atoms with Crippen molar-refractivity contribution >= 4 is 21.6 Å². The van der Waals surface area contributed by atoms with Crippen LogP contribution in [-0.2, 0) is 11.3 Å². The normalized spacial score (nSPS) is 12.4. The molecular formula is C12H17BrN2O3. The van der Waals surface area contributed by atoms with Crippen LogP contribution in [0.2, 0.25) is 0 Å². The highest BCUT2D eigenvalue weighted by molar-refractivity contribution is 9.10. The van der Waals surface area contributed by atoms with Crippen molar-refractivity contribution in [2.75, 3.05) is 13.2 Å². The van der Waals surface area contributed by atoms with Gasteiger partial charge in [0.05, 0.1) is 11.0 Å². The first-order valence-electron chi connectivity index (χ1n) is 5.79. The highest BCUT2D eigenvalue weighted by Crippen LogP contribution is 2.23. The van der Waals surface area contributed by atoms with Crippen molar-refractivity contribution in [3.05, 3.63) is 38.3 Å². The van der Waals surface area contributed by atoms with E-state index in [4.69, 9.17) is 4.74 Å². The molecule has 5 nitrogen and oxygen atoms in total. The number of nitro benzene ring substituents is 1. The number of rotatable bonds is 7. The molecular weight excluding hydrogens is 300 g/mol. The van der Waals surface area contributed by atoms with Gasteiger partial charge in [0.25, 0.3) is 5.69 Å². The van der Waals surface area contributed by atoms with Gasteiger partial charge in [0.1, 0.15) is 0 Å². The van der Waals surface area contributed by atoms with Gasteiger partial charge in [-0.1, -0.05) is 15.9 Å². The smallest absolute Gasteiger partial charge is 0.275 e. The van der Waals surface area contributed by atoms with Gasteiger partial charge < -0.3 is 10.1 Å². The molecule has 18 heavy (non-hydrogen) atoms. The Bertz CT molecular complexity index is 412. The van der Waals surface area contributed by atoms with E-state index in [2.05, 4.69) is 21.2 Å². The molecule has 1 rings (SSSR count). The fourth-order valence-corrected chi connectivity index (χ4v) is 1.96. The Hall–Kier alpha value is -0.980. The zero-order valence-corrected chi connectivity index (χ0v) is 12.1. The topological polar surface area (TPSA) is 64.4 Å². The molecule has 0 saturated carbocycles. The minimum Gasteiger partial charge on any atom is -0.377 e. The van der Waals surface area contributed by atoms with Crippen LogP contribution in [0, 0.1) is 10.1 Å². The SMILES string of the molecule is CCOC(C)CNCc1ccc(Br)cc1[N+](=O)[O-]. The molecule has 1 aromatic carbocycles. The summed E-state index contributed by atoms with van der Waals surface area (Å²) in [6.07, 6.45) is 0.101. The third-order valence-electron chi connectivity index (χ3n) is 2.44. The van der Waals surface area contributed by atoms with Crippen molar-refractivity contribution < 1.29 is 9.66 Å². The summed E-state index contributed by atoms with van der Waals surface area (Å²) in [6, 6.07) is 5.07. The van der Waals surface area contributed by atoms with Gasteiger partial charge in [0.15, 0.2) is 0 Å². The molecule has 0 aliphatic heterocycles. The van der Waals surface area contributed by atoms with E-state index in [-0.39, 0.29) is 16.7 Å². The molecule has 6 heteroatoms. The molecule has 0 aliphatic carbocycles. The quantitative estimate of drug-likeness (QED) is 0.620. The van der Waals surface area contributed by atoms with Crippen LogP contribution in [-0.4, -0.2) is 24.2 Å². The van der Waals surface area contributed by atoms with E-state index < -0.39 is 0 Å². The average Bonchev–Trinajstić information content (AvgIpc) is 2.31. The lowest BCUT2D eigenvalue weighted by Gasteiger charge is -2.12. The number of ether oxygens (including phenoxy) is 1. The molecule has 0 bridgehead atoms. The Morgan fingerprint density at radius 1 is 1.56 bits per heavy atom. The van der Waals surface area contributed by atoms with Crippen molar-refractivity contribution in [3.8, 4) is 0 Å². The van der Waals surface area contributed by atoms with E-state index in [1.807, 2.05) is 13.8 Å². The van der Waals surface area contributed by atoms with Crippen molar-refractivity contribution in [1.82, 2.24) is 5.32 Å². The lowest BCUT2D eigenvalue weighted by Crippen LogP contribution is -2.26. The number of halogens is 1. The molecule has 0 aromatic heterocycles. The van der Waals surface area contributed by atoms with Gasteiger partial charge in [-0.05, 0) is 26.0 Å². The second-order valence-electron chi connectivity index (χ2n) is 3.93. The van der Waals surface area contributed by atoms with Crippen LogP contribution in [0.1, 0.15) is 19.4 Å². The van der Waals surface area contributed by atoms with E-state index in [0.717, 1.165) is 0 Å². The van der Waals surface area contributed by atoms with E-state index in [1.54, 1.807) is 12.1 Å². The van der Waals surface area contributed by atoms with Gasteiger partial charge in [-0.25, -0.2) is 0 Å². The second kappa shape index (κ2) is 7.45. The summed E-state index contributed by atoms with van der Waals surface area (Å²) in [7, 11) is 0. The number of nitrogens with one attached hydrogen (secondary N) is 1. The van der Waals surface area contributed by atoms with Crippen LogP contribution in [0.15, 0.2) is 22.7 Å². The fourth-order valence-electron chi connectivity index (χ4n) is 1.61. The first kappa shape index (κ1) is 15.1. The monoisotopic (exact) mass is 316 g/mol. The fraction of sp³-hybridized carbons (Fsp3) is 0.500. The molecule has 0 heterocycles. The largest absolute Gasteiger partial charge is 0.377 e. The van der Waals surface area contributed by atoms with Crippen molar-refractivity contribution in [2.45, 2.75) is 26.5 Å². The zero-order valence-electron chi connectivity index (χ0n) is 10.5. The Morgan fingerprint density at radius 3 is 2.89 bits per heavy atom. The molecule has 1 unspecified atom stereocenters. The number of hydrogen-bond acceptors (Lipinski definition) is 4. The van der Waals surface area contributed by atoms with E-state index >= 15 is 0 Å². The van der Waals surface area contributed by atoms with E-state index in [1.165, 1.54) is 6.07 Å². The van der Waals surface area contributed by atoms with Crippen LogP contribution < -0.4 is 5.32 Å². The number of hydrogen-bond donors (Lipinski definition) is 1. The third kappa shape index (κ3) is 4.72. The number of nitro groups is 1. The van der Waals surface area contributed by atoms with Crippen LogP contribution in [0.4, 0.5) is 5.69 Å². The number of benzene rings is 1. The Labute approximate surface area is 115 Å². The van der Waals surface area contributed by atoms with Gasteiger partial charge in [-0.3, -0.25) is 10.1 Å². The van der Waals surface area contributed by atoms with Gasteiger partial charge in [-0.15, -0.1) is 0 Å². The van der Waals surface area contributed by atoms with E-state index in [9.17, 15) is 10.1 Å². The predicted molar refractivity (Wildman–Crippen MR) is 73.6 cm³/mol. The predicted octanol–water partition coefficient (Wildman–Crippen LogP) is 2.87. The van der Waals surface area contributed by atoms with Gasteiger partial charge in [0.2, 0.25) is 0 Å². The second-order valence-corrected chi connectivity index (χ2v) is 4.84. The summed E-state index contributed by atoms with van der Waals surface area (Å²) in [5.74, 6) is 0. The summed E-state index contributed by atoms with van der Waals surface area (Å²) in [6.45, 7) is 5.70. The standard InChI is InChI=1S/C12H17BrN2O3/c1-3-18-9(2)7-14-8-10-4-5-11(13)6-12(10)15(16)17/h4-6,9,14H,3,7-8H2,1-2H3. The molecule has 0 amide bonds.